The Balaban J connectivity index is 1.39. The Labute approximate surface area is 239 Å². The van der Waals surface area contributed by atoms with Gasteiger partial charge in [-0.2, -0.15) is 0 Å². The Bertz CT molecular complexity index is 2340. The fourth-order valence-electron chi connectivity index (χ4n) is 7.56. The maximum atomic E-state index is 2.52. The smallest absolute Gasteiger partial charge is 0.114 e. The van der Waals surface area contributed by atoms with E-state index in [1.165, 1.54) is 66.1 Å². The van der Waals surface area contributed by atoms with Crippen LogP contribution in [0.15, 0.2) is 133 Å². The van der Waals surface area contributed by atoms with E-state index in [0.29, 0.717) is 0 Å². The van der Waals surface area contributed by atoms with Gasteiger partial charge in [-0.05, 0) is 64.0 Å². The molecule has 0 fully saturated rings. The molecule has 1 aliphatic heterocycles. The molecule has 8 aromatic rings. The SMILES string of the molecule is C[Si]1(C)c2ccccc2-c2ccc3c(c21)c1ccccc1n3-c1ccc2c3ccccc3n(-c3ccccc3)c2c1. The van der Waals surface area contributed by atoms with Gasteiger partial charge in [0, 0.05) is 32.9 Å². The molecule has 41 heavy (non-hydrogen) atoms. The number of fused-ring (bicyclic) bond motifs is 10. The first-order valence-electron chi connectivity index (χ1n) is 14.4. The zero-order valence-electron chi connectivity index (χ0n) is 23.1. The molecule has 0 unspecified atom stereocenters. The summed E-state index contributed by atoms with van der Waals surface area (Å²) in [5, 5.41) is 8.45. The maximum absolute atomic E-state index is 2.52. The lowest BCUT2D eigenvalue weighted by molar-refractivity contribution is 1.15. The highest BCUT2D eigenvalue weighted by Crippen LogP contribution is 2.39. The number of nitrogens with zero attached hydrogens (tertiary/aromatic N) is 2. The van der Waals surface area contributed by atoms with Crippen LogP contribution in [0.3, 0.4) is 0 Å². The van der Waals surface area contributed by atoms with E-state index in [9.17, 15) is 0 Å². The molecule has 0 bridgehead atoms. The molecule has 1 aliphatic rings. The molecule has 0 amide bonds. The predicted molar refractivity (Wildman–Crippen MR) is 177 cm³/mol. The number of aromatic nitrogens is 2. The second-order valence-electron chi connectivity index (χ2n) is 11.8. The van der Waals surface area contributed by atoms with Crippen molar-refractivity contribution < 1.29 is 0 Å². The minimum atomic E-state index is -1.89. The Morgan fingerprint density at radius 2 is 1.07 bits per heavy atom. The molecule has 0 spiro atoms. The van der Waals surface area contributed by atoms with E-state index in [1.807, 2.05) is 0 Å². The maximum Gasteiger partial charge on any atom is 0.114 e. The first-order valence-corrected chi connectivity index (χ1v) is 17.4. The highest BCUT2D eigenvalue weighted by Gasteiger charge is 2.39. The summed E-state index contributed by atoms with van der Waals surface area (Å²) >= 11 is 0. The van der Waals surface area contributed by atoms with Crippen LogP contribution in [0.25, 0.3) is 66.1 Å². The predicted octanol–water partition coefficient (Wildman–Crippen LogP) is 8.68. The van der Waals surface area contributed by atoms with E-state index < -0.39 is 8.07 Å². The van der Waals surface area contributed by atoms with Crippen molar-refractivity contribution in [1.29, 1.82) is 0 Å². The summed E-state index contributed by atoms with van der Waals surface area (Å²) in [5.74, 6) is 0. The quantitative estimate of drug-likeness (QED) is 0.194. The molecule has 2 nitrogen and oxygen atoms in total. The monoisotopic (exact) mass is 540 g/mol. The summed E-state index contributed by atoms with van der Waals surface area (Å²) in [5.41, 5.74) is 10.2. The van der Waals surface area contributed by atoms with Gasteiger partial charge in [-0.15, -0.1) is 0 Å². The van der Waals surface area contributed by atoms with Gasteiger partial charge in [-0.25, -0.2) is 0 Å². The molecule has 2 aromatic heterocycles. The third-order valence-electron chi connectivity index (χ3n) is 9.28. The van der Waals surface area contributed by atoms with Crippen LogP contribution in [-0.2, 0) is 0 Å². The van der Waals surface area contributed by atoms with Crippen molar-refractivity contribution in [3.05, 3.63) is 133 Å². The van der Waals surface area contributed by atoms with Crippen molar-refractivity contribution in [2.24, 2.45) is 0 Å². The second-order valence-corrected chi connectivity index (χ2v) is 16.1. The third-order valence-corrected chi connectivity index (χ3v) is 12.8. The van der Waals surface area contributed by atoms with Crippen LogP contribution in [0, 0.1) is 0 Å². The third kappa shape index (κ3) is 2.96. The highest BCUT2D eigenvalue weighted by molar-refractivity contribution is 7.05. The van der Waals surface area contributed by atoms with Crippen molar-refractivity contribution in [3.63, 3.8) is 0 Å². The molecular formula is C38H28N2Si. The Kier molecular flexibility index (Phi) is 4.52. The normalized spacial score (nSPS) is 13.8. The molecule has 194 valence electrons. The standard InChI is InChI=1S/C38H28N2Si/c1-41(2)36-19-11-8-15-29(36)30-22-23-34-37(38(30)41)31-16-7-10-18-33(31)40(34)26-20-21-28-27-14-6-9-17-32(27)39(35(28)24-26)25-12-4-3-5-13-25/h3-24H,1-2H3. The van der Waals surface area contributed by atoms with Crippen LogP contribution in [0.4, 0.5) is 0 Å². The number of hydrogen-bond acceptors (Lipinski definition) is 0. The lowest BCUT2D eigenvalue weighted by Crippen LogP contribution is -2.49. The van der Waals surface area contributed by atoms with E-state index in [2.05, 4.69) is 156 Å². The average molecular weight is 541 g/mol. The van der Waals surface area contributed by atoms with Gasteiger partial charge >= 0.3 is 0 Å². The van der Waals surface area contributed by atoms with Crippen LogP contribution >= 0.6 is 0 Å². The van der Waals surface area contributed by atoms with Gasteiger partial charge < -0.3 is 9.13 Å². The van der Waals surface area contributed by atoms with Gasteiger partial charge in [0.05, 0.1) is 22.1 Å². The Morgan fingerprint density at radius 1 is 0.439 bits per heavy atom. The number of para-hydroxylation sites is 3. The molecule has 0 atom stereocenters. The van der Waals surface area contributed by atoms with Crippen LogP contribution in [0.1, 0.15) is 0 Å². The first kappa shape index (κ1) is 22.9. The number of rotatable bonds is 2. The van der Waals surface area contributed by atoms with Gasteiger partial charge in [0.2, 0.25) is 0 Å². The Hall–Kier alpha value is -4.86. The van der Waals surface area contributed by atoms with Gasteiger partial charge in [0.15, 0.2) is 0 Å². The molecule has 0 aliphatic carbocycles. The van der Waals surface area contributed by atoms with E-state index in [-0.39, 0.29) is 0 Å². The summed E-state index contributed by atoms with van der Waals surface area (Å²) in [4.78, 5) is 0. The highest BCUT2D eigenvalue weighted by atomic mass is 28.3. The first-order chi connectivity index (χ1) is 20.1. The van der Waals surface area contributed by atoms with Gasteiger partial charge in [0.1, 0.15) is 8.07 Å². The molecule has 3 heterocycles. The minimum absolute atomic E-state index is 1.18. The zero-order chi connectivity index (χ0) is 27.3. The summed E-state index contributed by atoms with van der Waals surface area (Å²) < 4.78 is 4.90. The lowest BCUT2D eigenvalue weighted by Gasteiger charge is -2.20. The fraction of sp³-hybridized carbons (Fsp3) is 0.0526. The molecule has 0 saturated carbocycles. The summed E-state index contributed by atoms with van der Waals surface area (Å²) in [6, 6.07) is 49.3. The largest absolute Gasteiger partial charge is 0.309 e. The number of hydrogen-bond donors (Lipinski definition) is 0. The second kappa shape index (κ2) is 8.09. The van der Waals surface area contributed by atoms with Crippen LogP contribution in [0.2, 0.25) is 13.1 Å². The lowest BCUT2D eigenvalue weighted by atomic mass is 10.0. The van der Waals surface area contributed by atoms with E-state index in [0.717, 1.165) is 0 Å². The fourth-order valence-corrected chi connectivity index (χ4v) is 11.0. The van der Waals surface area contributed by atoms with Crippen molar-refractivity contribution in [2.45, 2.75) is 13.1 Å². The van der Waals surface area contributed by atoms with Gasteiger partial charge in [-0.1, -0.05) is 104 Å². The van der Waals surface area contributed by atoms with Crippen molar-refractivity contribution in [2.75, 3.05) is 0 Å². The molecule has 6 aromatic carbocycles. The molecular weight excluding hydrogens is 513 g/mol. The molecule has 0 saturated heterocycles. The molecule has 3 heteroatoms. The zero-order valence-corrected chi connectivity index (χ0v) is 24.1. The van der Waals surface area contributed by atoms with E-state index in [4.69, 9.17) is 0 Å². The summed E-state index contributed by atoms with van der Waals surface area (Å²) in [6.07, 6.45) is 0. The summed E-state index contributed by atoms with van der Waals surface area (Å²) in [6.45, 7) is 5.04. The minimum Gasteiger partial charge on any atom is -0.309 e. The van der Waals surface area contributed by atoms with Crippen molar-refractivity contribution >= 4 is 62.1 Å². The van der Waals surface area contributed by atoms with Crippen LogP contribution < -0.4 is 10.4 Å². The van der Waals surface area contributed by atoms with E-state index in [1.54, 1.807) is 10.4 Å². The number of benzene rings is 6. The van der Waals surface area contributed by atoms with Crippen molar-refractivity contribution in [1.82, 2.24) is 9.13 Å². The van der Waals surface area contributed by atoms with E-state index >= 15 is 0 Å². The van der Waals surface area contributed by atoms with Gasteiger partial charge in [0.25, 0.3) is 0 Å². The molecule has 0 N–H and O–H groups in total. The topological polar surface area (TPSA) is 9.86 Å². The van der Waals surface area contributed by atoms with Gasteiger partial charge in [-0.3, -0.25) is 0 Å². The summed E-state index contributed by atoms with van der Waals surface area (Å²) in [7, 11) is -1.89. The average Bonchev–Trinajstić information content (AvgIpc) is 3.61. The molecule has 0 radical (unpaired) electrons. The van der Waals surface area contributed by atoms with Crippen molar-refractivity contribution in [3.8, 4) is 22.5 Å². The van der Waals surface area contributed by atoms with Crippen LogP contribution in [0.5, 0.6) is 0 Å². The Morgan fingerprint density at radius 3 is 1.90 bits per heavy atom. The van der Waals surface area contributed by atoms with Crippen LogP contribution in [-0.4, -0.2) is 17.2 Å². The molecule has 9 rings (SSSR count).